The first-order valence-electron chi connectivity index (χ1n) is 7.25. The molecule has 4 saturated carbocycles. The van der Waals surface area contributed by atoms with E-state index in [2.05, 4.69) is 0 Å². The Balaban J connectivity index is 1.96. The van der Waals surface area contributed by atoms with Gasteiger partial charge in [0.05, 0.1) is 13.2 Å². The maximum atomic E-state index is 12.1. The highest BCUT2D eigenvalue weighted by Crippen LogP contribution is 2.66. The van der Waals surface area contributed by atoms with Crippen LogP contribution in [0.2, 0.25) is 0 Å². The summed E-state index contributed by atoms with van der Waals surface area (Å²) < 4.78 is 10.1. The molecule has 0 aliphatic heterocycles. The van der Waals surface area contributed by atoms with Gasteiger partial charge < -0.3 is 9.47 Å². The minimum atomic E-state index is -0.492. The summed E-state index contributed by atoms with van der Waals surface area (Å²) >= 11 is 0. The zero-order valence-electron chi connectivity index (χ0n) is 11.5. The Labute approximate surface area is 113 Å². The van der Waals surface area contributed by atoms with Crippen molar-refractivity contribution in [3.8, 4) is 0 Å². The number of carbonyl (C=O) groups excluding carboxylic acids is 2. The molecule has 0 heterocycles. The molecule has 4 nitrogen and oxygen atoms in total. The molecule has 104 valence electrons. The lowest BCUT2D eigenvalue weighted by Gasteiger charge is -2.17. The second-order valence-corrected chi connectivity index (χ2v) is 5.71. The van der Waals surface area contributed by atoms with Gasteiger partial charge in [-0.3, -0.25) is 0 Å². The summed E-state index contributed by atoms with van der Waals surface area (Å²) in [6.45, 7) is 4.09. The lowest BCUT2D eigenvalue weighted by molar-refractivity contribution is -0.146. The topological polar surface area (TPSA) is 52.6 Å². The van der Waals surface area contributed by atoms with Crippen molar-refractivity contribution < 1.29 is 19.1 Å². The number of esters is 2. The molecular weight excluding hydrogens is 244 g/mol. The summed E-state index contributed by atoms with van der Waals surface area (Å²) in [5.41, 5.74) is 1.27. The van der Waals surface area contributed by atoms with Crippen molar-refractivity contribution in [3.63, 3.8) is 0 Å². The lowest BCUT2D eigenvalue weighted by Crippen LogP contribution is -2.23. The molecule has 4 rings (SSSR count). The zero-order chi connectivity index (χ0) is 13.6. The van der Waals surface area contributed by atoms with Crippen LogP contribution in [0.4, 0.5) is 0 Å². The van der Waals surface area contributed by atoms with Gasteiger partial charge in [0, 0.05) is 0 Å². The SMILES string of the molecule is CCOC(=O)C(C(=O)OCC)=C1[C@@H]2C[C@H]3C[C@@H]2C[C@@H]13. The van der Waals surface area contributed by atoms with Crippen LogP contribution >= 0.6 is 0 Å². The number of hydrogen-bond donors (Lipinski definition) is 0. The van der Waals surface area contributed by atoms with Crippen LogP contribution in [0.3, 0.4) is 0 Å². The van der Waals surface area contributed by atoms with Gasteiger partial charge in [0.25, 0.3) is 0 Å². The fourth-order valence-electron chi connectivity index (χ4n) is 4.41. The predicted octanol–water partition coefficient (Wildman–Crippen LogP) is 2.09. The highest BCUT2D eigenvalue weighted by atomic mass is 16.6. The molecule has 4 fully saturated rings. The third kappa shape index (κ3) is 1.80. The summed E-state index contributed by atoms with van der Waals surface area (Å²) in [6, 6.07) is 0. The Hall–Kier alpha value is -1.32. The van der Waals surface area contributed by atoms with Crippen molar-refractivity contribution >= 4 is 11.9 Å². The number of allylic oxidation sites excluding steroid dienone is 1. The average molecular weight is 264 g/mol. The first kappa shape index (κ1) is 12.7. The molecule has 0 N–H and O–H groups in total. The van der Waals surface area contributed by atoms with Crippen LogP contribution < -0.4 is 0 Å². The van der Waals surface area contributed by atoms with Gasteiger partial charge in [0.15, 0.2) is 0 Å². The smallest absolute Gasteiger partial charge is 0.345 e. The Morgan fingerprint density at radius 3 is 1.79 bits per heavy atom. The van der Waals surface area contributed by atoms with E-state index in [9.17, 15) is 9.59 Å². The van der Waals surface area contributed by atoms with Gasteiger partial charge in [-0.1, -0.05) is 0 Å². The summed E-state index contributed by atoms with van der Waals surface area (Å²) in [5, 5.41) is 0. The van der Waals surface area contributed by atoms with E-state index in [1.165, 1.54) is 6.42 Å². The van der Waals surface area contributed by atoms with Crippen LogP contribution in [0.1, 0.15) is 33.1 Å². The molecular formula is C15H20O4. The van der Waals surface area contributed by atoms with Crippen LogP contribution in [0.25, 0.3) is 0 Å². The van der Waals surface area contributed by atoms with E-state index in [1.54, 1.807) is 13.8 Å². The maximum Gasteiger partial charge on any atom is 0.345 e. The number of ether oxygens (including phenoxy) is 2. The minimum Gasteiger partial charge on any atom is -0.462 e. The molecule has 19 heavy (non-hydrogen) atoms. The fraction of sp³-hybridized carbons (Fsp3) is 0.733. The van der Waals surface area contributed by atoms with Gasteiger partial charge in [-0.05, 0) is 62.4 Å². The van der Waals surface area contributed by atoms with Crippen molar-refractivity contribution in [2.45, 2.75) is 33.1 Å². The van der Waals surface area contributed by atoms with Crippen molar-refractivity contribution in [2.75, 3.05) is 13.2 Å². The van der Waals surface area contributed by atoms with Crippen molar-refractivity contribution in [3.05, 3.63) is 11.1 Å². The molecule has 4 aliphatic rings. The Morgan fingerprint density at radius 2 is 1.42 bits per heavy atom. The second-order valence-electron chi connectivity index (χ2n) is 5.71. The summed E-state index contributed by atoms with van der Waals surface area (Å²) in [5.74, 6) is 1.24. The van der Waals surface area contributed by atoms with Gasteiger partial charge >= 0.3 is 11.9 Å². The Bertz CT molecular complexity index is 413. The van der Waals surface area contributed by atoms with Crippen LogP contribution in [-0.2, 0) is 19.1 Å². The molecule has 4 aliphatic carbocycles. The quantitative estimate of drug-likeness (QED) is 0.338. The minimum absolute atomic E-state index is 0.211. The van der Waals surface area contributed by atoms with Gasteiger partial charge in [0.1, 0.15) is 5.57 Å². The summed E-state index contributed by atoms with van der Waals surface area (Å²) in [4.78, 5) is 24.2. The first-order chi connectivity index (χ1) is 9.17. The fourth-order valence-corrected chi connectivity index (χ4v) is 4.41. The highest BCUT2D eigenvalue weighted by molar-refractivity contribution is 6.15. The van der Waals surface area contributed by atoms with Gasteiger partial charge in [-0.25, -0.2) is 9.59 Å². The molecule has 4 bridgehead atoms. The lowest BCUT2D eigenvalue weighted by atomic mass is 9.90. The molecule has 0 aromatic carbocycles. The first-order valence-corrected chi connectivity index (χ1v) is 7.25. The normalized spacial score (nSPS) is 33.9. The molecule has 0 aromatic rings. The average Bonchev–Trinajstić information content (AvgIpc) is 3.07. The number of hydrogen-bond acceptors (Lipinski definition) is 4. The van der Waals surface area contributed by atoms with E-state index in [0.29, 0.717) is 23.7 Å². The van der Waals surface area contributed by atoms with E-state index < -0.39 is 11.9 Å². The zero-order valence-corrected chi connectivity index (χ0v) is 11.5. The van der Waals surface area contributed by atoms with Crippen LogP contribution in [0, 0.1) is 23.7 Å². The molecule has 0 unspecified atom stereocenters. The number of rotatable bonds is 4. The molecule has 0 aromatic heterocycles. The van der Waals surface area contributed by atoms with Crippen molar-refractivity contribution in [1.29, 1.82) is 0 Å². The third-order valence-electron chi connectivity index (χ3n) is 4.90. The van der Waals surface area contributed by atoms with Crippen LogP contribution in [0.5, 0.6) is 0 Å². The van der Waals surface area contributed by atoms with Gasteiger partial charge in [0.2, 0.25) is 0 Å². The van der Waals surface area contributed by atoms with E-state index >= 15 is 0 Å². The van der Waals surface area contributed by atoms with E-state index in [4.69, 9.17) is 9.47 Å². The second kappa shape index (κ2) is 4.66. The Morgan fingerprint density at radius 1 is 0.947 bits per heavy atom. The van der Waals surface area contributed by atoms with E-state index in [1.807, 2.05) is 0 Å². The predicted molar refractivity (Wildman–Crippen MR) is 68.1 cm³/mol. The van der Waals surface area contributed by atoms with Crippen molar-refractivity contribution in [2.24, 2.45) is 23.7 Å². The van der Waals surface area contributed by atoms with Crippen LogP contribution in [0.15, 0.2) is 11.1 Å². The largest absolute Gasteiger partial charge is 0.462 e. The molecule has 4 heteroatoms. The standard InChI is InChI=1S/C15H20O4/c1-3-18-14(16)13(15(17)19-4-2)12-10-6-8-5-9(10)7-11(8)12/h8-11H,3-7H2,1-2H3/t8-,9-,10-,11-/m1/s1. The van der Waals surface area contributed by atoms with Crippen LogP contribution in [-0.4, -0.2) is 25.2 Å². The Kier molecular flexibility index (Phi) is 3.11. The third-order valence-corrected chi connectivity index (χ3v) is 4.90. The maximum absolute atomic E-state index is 12.1. The molecule has 0 spiro atoms. The summed E-state index contributed by atoms with van der Waals surface area (Å²) in [7, 11) is 0. The summed E-state index contributed by atoms with van der Waals surface area (Å²) in [6.07, 6.45) is 3.57. The van der Waals surface area contributed by atoms with E-state index in [0.717, 1.165) is 18.4 Å². The van der Waals surface area contributed by atoms with E-state index in [-0.39, 0.29) is 18.8 Å². The van der Waals surface area contributed by atoms with Gasteiger partial charge in [-0.2, -0.15) is 0 Å². The molecule has 0 radical (unpaired) electrons. The molecule has 0 amide bonds. The van der Waals surface area contributed by atoms with Crippen molar-refractivity contribution in [1.82, 2.24) is 0 Å². The van der Waals surface area contributed by atoms with Gasteiger partial charge in [-0.15, -0.1) is 0 Å². The monoisotopic (exact) mass is 264 g/mol. The molecule has 4 atom stereocenters. The molecule has 0 saturated heterocycles. The highest BCUT2D eigenvalue weighted by Gasteiger charge is 2.58. The number of carbonyl (C=O) groups is 2.